The molecule has 2 aliphatic carbocycles. The Morgan fingerprint density at radius 2 is 2.00 bits per heavy atom. The number of esters is 1. The van der Waals surface area contributed by atoms with Crippen LogP contribution >= 0.6 is 0 Å². The topological polar surface area (TPSA) is 64.6 Å². The zero-order valence-corrected chi connectivity index (χ0v) is 12.8. The first-order valence-corrected chi connectivity index (χ1v) is 7.35. The molecule has 0 aliphatic heterocycles. The van der Waals surface area contributed by atoms with Gasteiger partial charge in [0.25, 0.3) is 0 Å². The smallest absolute Gasteiger partial charge is 0.407 e. The Hall–Kier alpha value is -1.26. The van der Waals surface area contributed by atoms with Gasteiger partial charge in [-0.1, -0.05) is 6.42 Å². The molecule has 0 radical (unpaired) electrons. The Morgan fingerprint density at radius 3 is 2.60 bits per heavy atom. The van der Waals surface area contributed by atoms with Crippen LogP contribution in [0.1, 0.15) is 52.9 Å². The molecular weight excluding hydrogens is 258 g/mol. The Morgan fingerprint density at radius 1 is 1.30 bits per heavy atom. The number of ether oxygens (including phenoxy) is 2. The van der Waals surface area contributed by atoms with Crippen LogP contribution in [0.25, 0.3) is 0 Å². The number of nitrogens with one attached hydrogen (secondary N) is 1. The van der Waals surface area contributed by atoms with Gasteiger partial charge in [-0.15, -0.1) is 0 Å². The largest absolute Gasteiger partial charge is 0.469 e. The van der Waals surface area contributed by atoms with Crippen LogP contribution in [0.4, 0.5) is 4.79 Å². The quantitative estimate of drug-likeness (QED) is 0.791. The molecule has 0 unspecified atom stereocenters. The molecule has 5 heteroatoms. The van der Waals surface area contributed by atoms with Gasteiger partial charge < -0.3 is 14.8 Å². The number of alkyl carbamates (subject to hydrolysis) is 1. The van der Waals surface area contributed by atoms with Crippen molar-refractivity contribution < 1.29 is 19.1 Å². The van der Waals surface area contributed by atoms with Crippen LogP contribution in [0, 0.1) is 11.3 Å². The van der Waals surface area contributed by atoms with Gasteiger partial charge in [-0.2, -0.15) is 0 Å². The molecule has 20 heavy (non-hydrogen) atoms. The van der Waals surface area contributed by atoms with Gasteiger partial charge in [0.1, 0.15) is 5.60 Å². The van der Waals surface area contributed by atoms with Crippen LogP contribution in [0.15, 0.2) is 0 Å². The standard InChI is InChI=1S/C15H25NO4/c1-14(2,3)20-13(18)16-11-8-10-6-5-7-15(10,9-11)12(17)19-4/h10-11H,5-9H2,1-4H3,(H,16,18)/t10-,11-,15-/m1/s1. The molecule has 0 heterocycles. The van der Waals surface area contributed by atoms with E-state index in [1.165, 1.54) is 7.11 Å². The molecule has 2 fully saturated rings. The molecule has 0 spiro atoms. The monoisotopic (exact) mass is 283 g/mol. The minimum absolute atomic E-state index is 0.00856. The Bertz CT molecular complexity index is 401. The average Bonchev–Trinajstić information content (AvgIpc) is 2.82. The zero-order chi connectivity index (χ0) is 15.0. The molecule has 0 aromatic carbocycles. The Labute approximate surface area is 120 Å². The maximum Gasteiger partial charge on any atom is 0.407 e. The number of hydrogen-bond acceptors (Lipinski definition) is 4. The fourth-order valence-electron chi connectivity index (χ4n) is 3.76. The van der Waals surface area contributed by atoms with Gasteiger partial charge >= 0.3 is 12.1 Å². The molecule has 0 aromatic rings. The predicted octanol–water partition coefficient (Wildman–Crippen LogP) is 2.63. The van der Waals surface area contributed by atoms with E-state index in [4.69, 9.17) is 9.47 Å². The summed E-state index contributed by atoms with van der Waals surface area (Å²) in [5.41, 5.74) is -0.882. The van der Waals surface area contributed by atoms with E-state index < -0.39 is 11.7 Å². The third kappa shape index (κ3) is 2.91. The second-order valence-corrected chi connectivity index (χ2v) is 7.02. The maximum atomic E-state index is 12.1. The van der Waals surface area contributed by atoms with Crippen molar-refractivity contribution in [3.8, 4) is 0 Å². The van der Waals surface area contributed by atoms with E-state index >= 15 is 0 Å². The average molecular weight is 283 g/mol. The minimum Gasteiger partial charge on any atom is -0.469 e. The van der Waals surface area contributed by atoms with E-state index in [0.717, 1.165) is 25.7 Å². The highest BCUT2D eigenvalue weighted by Crippen LogP contribution is 2.54. The summed E-state index contributed by atoms with van der Waals surface area (Å²) in [7, 11) is 1.45. The Kier molecular flexibility index (Phi) is 3.98. The van der Waals surface area contributed by atoms with Crippen molar-refractivity contribution in [2.75, 3.05) is 7.11 Å². The van der Waals surface area contributed by atoms with Gasteiger partial charge in [0.15, 0.2) is 0 Å². The molecule has 114 valence electrons. The minimum atomic E-state index is -0.501. The van der Waals surface area contributed by atoms with Crippen molar-refractivity contribution in [3.63, 3.8) is 0 Å². The van der Waals surface area contributed by atoms with Crippen molar-refractivity contribution in [1.82, 2.24) is 5.32 Å². The molecule has 2 saturated carbocycles. The van der Waals surface area contributed by atoms with Gasteiger partial charge in [0.2, 0.25) is 0 Å². The van der Waals surface area contributed by atoms with E-state index in [2.05, 4.69) is 5.32 Å². The van der Waals surface area contributed by atoms with Crippen molar-refractivity contribution in [2.24, 2.45) is 11.3 Å². The summed E-state index contributed by atoms with van der Waals surface area (Å²) in [5.74, 6) is 0.211. The van der Waals surface area contributed by atoms with Crippen LogP contribution in [0.2, 0.25) is 0 Å². The SMILES string of the molecule is COC(=O)[C@@]12CCC[C@@H]1C[C@@H](NC(=O)OC(C)(C)C)C2. The number of rotatable bonds is 2. The van der Waals surface area contributed by atoms with Crippen molar-refractivity contribution >= 4 is 12.1 Å². The highest BCUT2D eigenvalue weighted by Gasteiger charge is 2.56. The van der Waals surface area contributed by atoms with Crippen LogP contribution in [0.5, 0.6) is 0 Å². The normalized spacial score (nSPS) is 32.6. The molecule has 0 bridgehead atoms. The lowest BCUT2D eigenvalue weighted by Crippen LogP contribution is -2.39. The van der Waals surface area contributed by atoms with Crippen LogP contribution < -0.4 is 5.32 Å². The van der Waals surface area contributed by atoms with Crippen LogP contribution in [-0.2, 0) is 14.3 Å². The summed E-state index contributed by atoms with van der Waals surface area (Å²) >= 11 is 0. The molecule has 1 N–H and O–H groups in total. The first-order valence-electron chi connectivity index (χ1n) is 7.35. The van der Waals surface area contributed by atoms with E-state index in [9.17, 15) is 9.59 Å². The number of amides is 1. The molecule has 1 amide bonds. The molecule has 5 nitrogen and oxygen atoms in total. The van der Waals surface area contributed by atoms with Gasteiger partial charge in [-0.3, -0.25) is 4.79 Å². The summed E-state index contributed by atoms with van der Waals surface area (Å²) in [5, 5.41) is 2.90. The lowest BCUT2D eigenvalue weighted by molar-refractivity contribution is -0.154. The number of hydrogen-bond donors (Lipinski definition) is 1. The van der Waals surface area contributed by atoms with Crippen LogP contribution in [-0.4, -0.2) is 30.8 Å². The second kappa shape index (κ2) is 5.26. The van der Waals surface area contributed by atoms with Crippen molar-refractivity contribution in [1.29, 1.82) is 0 Å². The van der Waals surface area contributed by atoms with Crippen molar-refractivity contribution in [3.05, 3.63) is 0 Å². The summed E-state index contributed by atoms with van der Waals surface area (Å²) in [6.07, 6.45) is 4.09. The lowest BCUT2D eigenvalue weighted by Gasteiger charge is -2.26. The van der Waals surface area contributed by atoms with E-state index in [-0.39, 0.29) is 17.4 Å². The third-order valence-corrected chi connectivity index (χ3v) is 4.45. The number of fused-ring (bicyclic) bond motifs is 1. The Balaban J connectivity index is 1.98. The molecule has 3 atom stereocenters. The van der Waals surface area contributed by atoms with Gasteiger partial charge in [-0.05, 0) is 52.4 Å². The first kappa shape index (κ1) is 15.1. The van der Waals surface area contributed by atoms with Crippen molar-refractivity contribution in [2.45, 2.75) is 64.5 Å². The summed E-state index contributed by atoms with van der Waals surface area (Å²) in [6.45, 7) is 5.52. The molecule has 2 rings (SSSR count). The summed E-state index contributed by atoms with van der Waals surface area (Å²) in [6, 6.07) is 0.00856. The molecule has 2 aliphatic rings. The highest BCUT2D eigenvalue weighted by molar-refractivity contribution is 5.78. The summed E-state index contributed by atoms with van der Waals surface area (Å²) in [4.78, 5) is 23.9. The highest BCUT2D eigenvalue weighted by atomic mass is 16.6. The number of methoxy groups -OCH3 is 1. The third-order valence-electron chi connectivity index (χ3n) is 4.45. The molecule has 0 saturated heterocycles. The summed E-state index contributed by atoms with van der Waals surface area (Å²) < 4.78 is 10.3. The number of carbonyl (C=O) groups is 2. The molecule has 0 aromatic heterocycles. The fraction of sp³-hybridized carbons (Fsp3) is 0.867. The first-order chi connectivity index (χ1) is 9.27. The maximum absolute atomic E-state index is 12.1. The lowest BCUT2D eigenvalue weighted by atomic mass is 9.80. The van der Waals surface area contributed by atoms with E-state index in [1.54, 1.807) is 0 Å². The number of carbonyl (C=O) groups excluding carboxylic acids is 2. The second-order valence-electron chi connectivity index (χ2n) is 7.02. The van der Waals surface area contributed by atoms with E-state index in [1.807, 2.05) is 20.8 Å². The molecular formula is C15H25NO4. The fourth-order valence-corrected chi connectivity index (χ4v) is 3.76. The van der Waals surface area contributed by atoms with Gasteiger partial charge in [0, 0.05) is 6.04 Å². The van der Waals surface area contributed by atoms with Gasteiger partial charge in [0.05, 0.1) is 12.5 Å². The predicted molar refractivity (Wildman–Crippen MR) is 74.2 cm³/mol. The zero-order valence-electron chi connectivity index (χ0n) is 12.8. The van der Waals surface area contributed by atoms with Crippen LogP contribution in [0.3, 0.4) is 0 Å². The van der Waals surface area contributed by atoms with E-state index in [0.29, 0.717) is 12.3 Å². The van der Waals surface area contributed by atoms with Gasteiger partial charge in [-0.25, -0.2) is 4.79 Å².